The van der Waals surface area contributed by atoms with Gasteiger partial charge >= 0.3 is 0 Å². The summed E-state index contributed by atoms with van der Waals surface area (Å²) < 4.78 is 1.11. The number of hydrogen-bond acceptors (Lipinski definition) is 3. The zero-order valence-corrected chi connectivity index (χ0v) is 13.8. The molecule has 106 valence electrons. The fourth-order valence-corrected chi connectivity index (χ4v) is 4.11. The Bertz CT molecular complexity index is 411. The van der Waals surface area contributed by atoms with E-state index >= 15 is 0 Å². The van der Waals surface area contributed by atoms with Crippen LogP contribution in [0, 0.1) is 5.92 Å². The van der Waals surface area contributed by atoms with Crippen molar-refractivity contribution in [3.8, 4) is 0 Å². The third-order valence-corrected chi connectivity index (χ3v) is 5.40. The van der Waals surface area contributed by atoms with Gasteiger partial charge in [0.2, 0.25) is 0 Å². The van der Waals surface area contributed by atoms with Gasteiger partial charge in [0.05, 0.1) is 12.1 Å². The maximum atomic E-state index is 9.86. The van der Waals surface area contributed by atoms with Gasteiger partial charge in [0.25, 0.3) is 0 Å². The molecule has 1 saturated carbocycles. The molecule has 0 saturated heterocycles. The summed E-state index contributed by atoms with van der Waals surface area (Å²) in [7, 11) is 0. The number of aliphatic hydroxyl groups excluding tert-OH is 1. The first-order chi connectivity index (χ1) is 9.20. The third-order valence-electron chi connectivity index (χ3n) is 3.66. The lowest BCUT2D eigenvalue weighted by molar-refractivity contribution is 0.159. The summed E-state index contributed by atoms with van der Waals surface area (Å²) in [5.41, 5.74) is -0.0943. The molecule has 2 rings (SSSR count). The predicted molar refractivity (Wildman–Crippen MR) is 85.7 cm³/mol. The Morgan fingerprint density at radius 3 is 2.84 bits per heavy atom. The predicted octanol–water partition coefficient (Wildman–Crippen LogP) is 3.68. The molecular weight excluding hydrogens is 322 g/mol. The van der Waals surface area contributed by atoms with Crippen LogP contribution in [0.3, 0.4) is 0 Å². The van der Waals surface area contributed by atoms with Crippen LogP contribution in [0.4, 0.5) is 0 Å². The molecule has 1 aliphatic rings. The Morgan fingerprint density at radius 1 is 1.47 bits per heavy atom. The van der Waals surface area contributed by atoms with E-state index in [1.807, 2.05) is 17.8 Å². The van der Waals surface area contributed by atoms with E-state index in [9.17, 15) is 5.11 Å². The van der Waals surface area contributed by atoms with Gasteiger partial charge in [0.1, 0.15) is 0 Å². The lowest BCUT2D eigenvalue weighted by atomic mass is 9.96. The Hall–Kier alpha value is -0.0300. The van der Waals surface area contributed by atoms with Crippen LogP contribution in [-0.4, -0.2) is 29.5 Å². The standard InChI is InChI=1S/C15H22BrNOS/c1-2-8-17-15(10-18,12-6-7-12)11-19-14-5-3-4-13(16)9-14/h3-5,9,12,17-18H,2,6-8,10-11H2,1H3. The molecule has 1 unspecified atom stereocenters. The first kappa shape index (κ1) is 15.4. The van der Waals surface area contributed by atoms with Crippen molar-refractivity contribution >= 4 is 27.7 Å². The molecule has 1 aromatic rings. The maximum absolute atomic E-state index is 9.86. The molecule has 4 heteroatoms. The van der Waals surface area contributed by atoms with Crippen LogP contribution in [0.1, 0.15) is 26.2 Å². The van der Waals surface area contributed by atoms with E-state index in [1.165, 1.54) is 17.7 Å². The normalized spacial score (nSPS) is 18.3. The fraction of sp³-hybridized carbons (Fsp3) is 0.600. The van der Waals surface area contributed by atoms with Crippen molar-refractivity contribution in [1.29, 1.82) is 0 Å². The highest BCUT2D eigenvalue weighted by Crippen LogP contribution is 2.42. The molecule has 1 atom stereocenters. The van der Waals surface area contributed by atoms with Crippen LogP contribution in [0.15, 0.2) is 33.6 Å². The largest absolute Gasteiger partial charge is 0.394 e. The number of benzene rings is 1. The quantitative estimate of drug-likeness (QED) is 0.706. The second-order valence-corrected chi connectivity index (χ2v) is 7.23. The lowest BCUT2D eigenvalue weighted by Gasteiger charge is -2.33. The van der Waals surface area contributed by atoms with E-state index in [0.717, 1.165) is 23.2 Å². The van der Waals surface area contributed by atoms with Gasteiger partial charge in [-0.25, -0.2) is 0 Å². The van der Waals surface area contributed by atoms with E-state index in [1.54, 1.807) is 0 Å². The number of hydrogen-bond donors (Lipinski definition) is 2. The van der Waals surface area contributed by atoms with Crippen molar-refractivity contribution in [2.45, 2.75) is 36.6 Å². The first-order valence-corrected chi connectivity index (χ1v) is 8.72. The van der Waals surface area contributed by atoms with Gasteiger partial charge < -0.3 is 10.4 Å². The highest BCUT2D eigenvalue weighted by molar-refractivity contribution is 9.10. The molecule has 0 aliphatic heterocycles. The van der Waals surface area contributed by atoms with Crippen molar-refractivity contribution in [3.63, 3.8) is 0 Å². The number of thioether (sulfide) groups is 1. The Kier molecular flexibility index (Phi) is 5.75. The van der Waals surface area contributed by atoms with Gasteiger partial charge in [0.15, 0.2) is 0 Å². The summed E-state index contributed by atoms with van der Waals surface area (Å²) >= 11 is 5.34. The Morgan fingerprint density at radius 2 is 2.26 bits per heavy atom. The van der Waals surface area contributed by atoms with E-state index in [4.69, 9.17) is 0 Å². The van der Waals surface area contributed by atoms with Crippen LogP contribution < -0.4 is 5.32 Å². The number of rotatable bonds is 8. The molecule has 1 aliphatic carbocycles. The second kappa shape index (κ2) is 7.11. The zero-order valence-electron chi connectivity index (χ0n) is 11.4. The molecule has 2 nitrogen and oxygen atoms in total. The van der Waals surface area contributed by atoms with Crippen molar-refractivity contribution in [3.05, 3.63) is 28.7 Å². The van der Waals surface area contributed by atoms with E-state index in [0.29, 0.717) is 5.92 Å². The molecule has 0 radical (unpaired) electrons. The van der Waals surface area contributed by atoms with Crippen molar-refractivity contribution in [1.82, 2.24) is 5.32 Å². The highest BCUT2D eigenvalue weighted by atomic mass is 79.9. The molecule has 0 amide bonds. The molecule has 1 aromatic carbocycles. The Balaban J connectivity index is 1.99. The molecule has 1 fully saturated rings. The topological polar surface area (TPSA) is 32.3 Å². The first-order valence-electron chi connectivity index (χ1n) is 6.94. The van der Waals surface area contributed by atoms with Crippen LogP contribution in [0.25, 0.3) is 0 Å². The second-order valence-electron chi connectivity index (χ2n) is 5.26. The molecule has 0 aromatic heterocycles. The number of halogens is 1. The molecule has 0 spiro atoms. The number of aliphatic hydroxyl groups is 1. The zero-order chi connectivity index (χ0) is 13.7. The van der Waals surface area contributed by atoms with E-state index in [2.05, 4.69) is 46.4 Å². The minimum atomic E-state index is -0.0943. The lowest BCUT2D eigenvalue weighted by Crippen LogP contribution is -2.53. The van der Waals surface area contributed by atoms with Crippen LogP contribution in [0.2, 0.25) is 0 Å². The Labute approximate surface area is 128 Å². The van der Waals surface area contributed by atoms with Gasteiger partial charge in [-0.3, -0.25) is 0 Å². The number of nitrogens with one attached hydrogen (secondary N) is 1. The van der Waals surface area contributed by atoms with Gasteiger partial charge in [-0.05, 0) is 49.9 Å². The third kappa shape index (κ3) is 4.22. The average molecular weight is 344 g/mol. The summed E-state index contributed by atoms with van der Waals surface area (Å²) in [6.45, 7) is 3.39. The maximum Gasteiger partial charge on any atom is 0.0624 e. The van der Waals surface area contributed by atoms with Gasteiger partial charge in [0, 0.05) is 15.1 Å². The van der Waals surface area contributed by atoms with Gasteiger partial charge in [-0.1, -0.05) is 28.9 Å². The van der Waals surface area contributed by atoms with Crippen molar-refractivity contribution in [2.75, 3.05) is 18.9 Å². The highest BCUT2D eigenvalue weighted by Gasteiger charge is 2.44. The van der Waals surface area contributed by atoms with E-state index in [-0.39, 0.29) is 12.1 Å². The summed E-state index contributed by atoms with van der Waals surface area (Å²) in [6, 6.07) is 8.37. The molecule has 0 heterocycles. The SMILES string of the molecule is CCCNC(CO)(CSc1cccc(Br)c1)C1CC1. The minimum absolute atomic E-state index is 0.0943. The fourth-order valence-electron chi connectivity index (χ4n) is 2.32. The summed E-state index contributed by atoms with van der Waals surface area (Å²) in [6.07, 6.45) is 3.60. The molecule has 0 bridgehead atoms. The van der Waals surface area contributed by atoms with Crippen molar-refractivity contribution < 1.29 is 5.11 Å². The van der Waals surface area contributed by atoms with Gasteiger partial charge in [-0.2, -0.15) is 0 Å². The average Bonchev–Trinajstić information content (AvgIpc) is 3.25. The van der Waals surface area contributed by atoms with Crippen molar-refractivity contribution in [2.24, 2.45) is 5.92 Å². The smallest absolute Gasteiger partial charge is 0.0624 e. The van der Waals surface area contributed by atoms with Crippen LogP contribution in [-0.2, 0) is 0 Å². The van der Waals surface area contributed by atoms with Crippen LogP contribution >= 0.6 is 27.7 Å². The molecular formula is C15H22BrNOS. The summed E-state index contributed by atoms with van der Waals surface area (Å²) in [5, 5.41) is 13.5. The minimum Gasteiger partial charge on any atom is -0.394 e. The molecule has 2 N–H and O–H groups in total. The monoisotopic (exact) mass is 343 g/mol. The van der Waals surface area contributed by atoms with E-state index < -0.39 is 0 Å². The van der Waals surface area contributed by atoms with Crippen LogP contribution in [0.5, 0.6) is 0 Å². The summed E-state index contributed by atoms with van der Waals surface area (Å²) in [5.74, 6) is 1.58. The molecule has 19 heavy (non-hydrogen) atoms. The summed E-state index contributed by atoms with van der Waals surface area (Å²) in [4.78, 5) is 1.26. The van der Waals surface area contributed by atoms with Gasteiger partial charge in [-0.15, -0.1) is 11.8 Å².